The van der Waals surface area contributed by atoms with E-state index in [-0.39, 0.29) is 17.9 Å². The van der Waals surface area contributed by atoms with Crippen LogP contribution in [0.3, 0.4) is 0 Å². The zero-order valence-electron chi connectivity index (χ0n) is 10.4. The van der Waals surface area contributed by atoms with E-state index in [1.54, 1.807) is 23.6 Å². The first-order valence-electron chi connectivity index (χ1n) is 5.91. The molecular weight excluding hydrogens is 236 g/mol. The molecule has 2 amide bonds. The third kappa shape index (κ3) is 3.49. The first kappa shape index (κ1) is 14.1. The molecule has 1 aliphatic heterocycles. The highest BCUT2D eigenvalue weighted by atomic mass is 32.2. The summed E-state index contributed by atoms with van der Waals surface area (Å²) in [7, 11) is 0. The van der Waals surface area contributed by atoms with E-state index in [2.05, 4.69) is 11.9 Å². The lowest BCUT2D eigenvalue weighted by Crippen LogP contribution is -2.62. The van der Waals surface area contributed by atoms with Crippen molar-refractivity contribution in [3.63, 3.8) is 0 Å². The van der Waals surface area contributed by atoms with E-state index >= 15 is 0 Å². The molecular formula is C12H20N2O2S. The van der Waals surface area contributed by atoms with E-state index < -0.39 is 6.04 Å². The van der Waals surface area contributed by atoms with Crippen LogP contribution in [-0.4, -0.2) is 46.8 Å². The minimum atomic E-state index is -0.394. The van der Waals surface area contributed by atoms with E-state index in [1.807, 2.05) is 13.0 Å². The fraction of sp³-hybridized carbons (Fsp3) is 0.667. The van der Waals surface area contributed by atoms with Gasteiger partial charge in [0.25, 0.3) is 0 Å². The summed E-state index contributed by atoms with van der Waals surface area (Å²) in [6.07, 6.45) is 2.51. The van der Waals surface area contributed by atoms with Crippen molar-refractivity contribution in [2.75, 3.05) is 18.1 Å². The Morgan fingerprint density at radius 3 is 2.82 bits per heavy atom. The number of hydrogen-bond acceptors (Lipinski definition) is 3. The highest BCUT2D eigenvalue weighted by Crippen LogP contribution is 2.14. The topological polar surface area (TPSA) is 49.4 Å². The Balaban J connectivity index is 2.59. The first-order chi connectivity index (χ1) is 8.11. The fourth-order valence-corrected chi connectivity index (χ4v) is 2.58. The molecule has 2 unspecified atom stereocenters. The quantitative estimate of drug-likeness (QED) is 0.570. The molecule has 1 rings (SSSR count). The lowest BCUT2D eigenvalue weighted by atomic mass is 10.1. The van der Waals surface area contributed by atoms with Crippen molar-refractivity contribution in [1.29, 1.82) is 0 Å². The molecule has 5 heteroatoms. The van der Waals surface area contributed by atoms with Crippen LogP contribution in [0, 0.1) is 0 Å². The normalized spacial score (nSPS) is 24.7. The maximum atomic E-state index is 12.0. The molecule has 1 fully saturated rings. The second-order valence-electron chi connectivity index (χ2n) is 4.05. The molecule has 0 aromatic rings. The van der Waals surface area contributed by atoms with Crippen molar-refractivity contribution in [3.8, 4) is 0 Å². The fourth-order valence-electron chi connectivity index (χ4n) is 1.92. The van der Waals surface area contributed by atoms with Gasteiger partial charge in [-0.15, -0.1) is 6.58 Å². The van der Waals surface area contributed by atoms with Gasteiger partial charge in [0.2, 0.25) is 11.8 Å². The van der Waals surface area contributed by atoms with Gasteiger partial charge in [-0.1, -0.05) is 13.0 Å². The maximum Gasteiger partial charge on any atom is 0.245 e. The summed E-state index contributed by atoms with van der Waals surface area (Å²) in [5.74, 6) is 1.71. The molecule has 1 heterocycles. The number of carbonyl (C=O) groups excluding carboxylic acids is 2. The van der Waals surface area contributed by atoms with Crippen LogP contribution >= 0.6 is 11.8 Å². The van der Waals surface area contributed by atoms with Gasteiger partial charge in [0.15, 0.2) is 0 Å². The average molecular weight is 256 g/mol. The molecule has 96 valence electrons. The van der Waals surface area contributed by atoms with Crippen LogP contribution in [-0.2, 0) is 9.59 Å². The Morgan fingerprint density at radius 2 is 2.24 bits per heavy atom. The predicted molar refractivity (Wildman–Crippen MR) is 70.9 cm³/mol. The van der Waals surface area contributed by atoms with E-state index in [9.17, 15) is 9.59 Å². The molecule has 0 saturated carbocycles. The number of amides is 2. The molecule has 0 aliphatic carbocycles. The van der Waals surface area contributed by atoms with Crippen LogP contribution in [0.5, 0.6) is 0 Å². The Bertz CT molecular complexity index is 307. The van der Waals surface area contributed by atoms with E-state index in [0.717, 1.165) is 11.5 Å². The highest BCUT2D eigenvalue weighted by Gasteiger charge is 2.36. The third-order valence-electron chi connectivity index (χ3n) is 2.79. The minimum Gasteiger partial charge on any atom is -0.343 e. The second-order valence-corrected chi connectivity index (χ2v) is 5.20. The van der Waals surface area contributed by atoms with Crippen molar-refractivity contribution < 1.29 is 9.59 Å². The molecule has 0 spiro atoms. The number of carbonyl (C=O) groups is 2. The van der Waals surface area contributed by atoms with Crippen LogP contribution in [0.15, 0.2) is 12.7 Å². The number of nitrogens with zero attached hydrogens (tertiary/aromatic N) is 1. The maximum absolute atomic E-state index is 12.0. The van der Waals surface area contributed by atoms with Crippen LogP contribution in [0.1, 0.15) is 20.3 Å². The summed E-state index contributed by atoms with van der Waals surface area (Å²) < 4.78 is 0. The predicted octanol–water partition coefficient (Wildman–Crippen LogP) is 1.03. The zero-order valence-corrected chi connectivity index (χ0v) is 11.3. The van der Waals surface area contributed by atoms with Gasteiger partial charge in [-0.05, 0) is 13.3 Å². The molecule has 1 saturated heterocycles. The third-order valence-corrected chi connectivity index (χ3v) is 3.73. The van der Waals surface area contributed by atoms with Gasteiger partial charge in [0.05, 0.1) is 0 Å². The van der Waals surface area contributed by atoms with E-state index in [0.29, 0.717) is 13.0 Å². The molecule has 0 radical (unpaired) electrons. The number of thioether (sulfide) groups is 1. The lowest BCUT2D eigenvalue weighted by molar-refractivity contribution is -0.148. The molecule has 2 atom stereocenters. The Labute approximate surface area is 107 Å². The van der Waals surface area contributed by atoms with Crippen LogP contribution < -0.4 is 5.32 Å². The van der Waals surface area contributed by atoms with Gasteiger partial charge in [-0.3, -0.25) is 9.59 Å². The zero-order chi connectivity index (χ0) is 12.8. The summed E-state index contributed by atoms with van der Waals surface area (Å²) in [6.45, 7) is 7.94. The molecule has 1 aliphatic rings. The van der Waals surface area contributed by atoms with Gasteiger partial charge < -0.3 is 10.2 Å². The Morgan fingerprint density at radius 1 is 1.53 bits per heavy atom. The van der Waals surface area contributed by atoms with Crippen molar-refractivity contribution >= 4 is 23.6 Å². The van der Waals surface area contributed by atoms with E-state index in [1.165, 1.54) is 0 Å². The van der Waals surface area contributed by atoms with Gasteiger partial charge in [0, 0.05) is 18.1 Å². The molecule has 4 nitrogen and oxygen atoms in total. The van der Waals surface area contributed by atoms with Crippen LogP contribution in [0.25, 0.3) is 0 Å². The smallest absolute Gasteiger partial charge is 0.245 e. The summed E-state index contributed by atoms with van der Waals surface area (Å²) in [6, 6.07) is -0.697. The largest absolute Gasteiger partial charge is 0.343 e. The minimum absolute atomic E-state index is 0.0238. The van der Waals surface area contributed by atoms with Crippen molar-refractivity contribution in [2.24, 2.45) is 0 Å². The van der Waals surface area contributed by atoms with Crippen molar-refractivity contribution in [2.45, 2.75) is 32.4 Å². The van der Waals surface area contributed by atoms with Crippen LogP contribution in [0.2, 0.25) is 0 Å². The standard InChI is InChI=1S/C12H20N2O2S/c1-4-7-17-8-6-14-10(5-2)11(15)13-9(3)12(14)16/h4,9-10H,1,5-8H2,2-3H3,(H,13,15). The summed E-state index contributed by atoms with van der Waals surface area (Å²) in [5, 5.41) is 2.71. The molecule has 0 aromatic carbocycles. The van der Waals surface area contributed by atoms with Crippen molar-refractivity contribution in [1.82, 2.24) is 10.2 Å². The molecule has 17 heavy (non-hydrogen) atoms. The highest BCUT2D eigenvalue weighted by molar-refractivity contribution is 7.99. The molecule has 0 bridgehead atoms. The number of nitrogens with one attached hydrogen (secondary N) is 1. The SMILES string of the molecule is C=CCSCCN1C(=O)C(C)NC(=O)C1CC. The Kier molecular flexibility index (Phi) is 5.55. The van der Waals surface area contributed by atoms with Crippen LogP contribution in [0.4, 0.5) is 0 Å². The average Bonchev–Trinajstić information content (AvgIpc) is 2.30. The van der Waals surface area contributed by atoms with Gasteiger partial charge in [-0.2, -0.15) is 11.8 Å². The lowest BCUT2D eigenvalue weighted by Gasteiger charge is -2.37. The Hall–Kier alpha value is -0.970. The monoisotopic (exact) mass is 256 g/mol. The number of hydrogen-bond donors (Lipinski definition) is 1. The molecule has 0 aromatic heterocycles. The summed E-state index contributed by atoms with van der Waals surface area (Å²) in [5.41, 5.74) is 0. The van der Waals surface area contributed by atoms with Gasteiger partial charge >= 0.3 is 0 Å². The summed E-state index contributed by atoms with van der Waals surface area (Å²) >= 11 is 1.72. The summed E-state index contributed by atoms with van der Waals surface area (Å²) in [4.78, 5) is 25.4. The van der Waals surface area contributed by atoms with Gasteiger partial charge in [0.1, 0.15) is 12.1 Å². The van der Waals surface area contributed by atoms with Gasteiger partial charge in [-0.25, -0.2) is 0 Å². The first-order valence-corrected chi connectivity index (χ1v) is 7.06. The number of piperazine rings is 1. The second kappa shape index (κ2) is 6.69. The molecule has 1 N–H and O–H groups in total. The number of rotatable bonds is 6. The van der Waals surface area contributed by atoms with Crippen molar-refractivity contribution in [3.05, 3.63) is 12.7 Å². The van der Waals surface area contributed by atoms with E-state index in [4.69, 9.17) is 0 Å².